The first-order valence-electron chi connectivity index (χ1n) is 7.04. The van der Waals surface area contributed by atoms with Gasteiger partial charge in [0.1, 0.15) is 0 Å². The van der Waals surface area contributed by atoms with Crippen LogP contribution in [0.25, 0.3) is 5.57 Å². The fourth-order valence-electron chi connectivity index (χ4n) is 4.16. The number of H-pyrrole nitrogens is 1. The molecule has 0 aromatic carbocycles. The van der Waals surface area contributed by atoms with Gasteiger partial charge in [-0.2, -0.15) is 5.10 Å². The van der Waals surface area contributed by atoms with E-state index >= 15 is 0 Å². The molecular weight excluding hydrogens is 220 g/mol. The van der Waals surface area contributed by atoms with Gasteiger partial charge in [-0.05, 0) is 35.8 Å². The summed E-state index contributed by atoms with van der Waals surface area (Å²) in [4.78, 5) is 0. The lowest BCUT2D eigenvalue weighted by Crippen LogP contribution is -2.38. The molecule has 1 aromatic heterocycles. The molecule has 18 heavy (non-hydrogen) atoms. The van der Waals surface area contributed by atoms with Crippen molar-refractivity contribution in [3.63, 3.8) is 0 Å². The first-order valence-corrected chi connectivity index (χ1v) is 7.04. The summed E-state index contributed by atoms with van der Waals surface area (Å²) in [5, 5.41) is 7.61. The maximum absolute atomic E-state index is 4.31. The molecule has 3 rings (SSSR count). The van der Waals surface area contributed by atoms with Crippen LogP contribution in [0.4, 0.5) is 0 Å². The van der Waals surface area contributed by atoms with E-state index < -0.39 is 0 Å². The molecule has 0 atom stereocenters. The molecule has 0 aliphatic heterocycles. The Bertz CT molecular complexity index is 521. The Morgan fingerprint density at radius 1 is 1.22 bits per heavy atom. The van der Waals surface area contributed by atoms with Crippen LogP contribution in [0, 0.1) is 11.8 Å². The zero-order valence-corrected chi connectivity index (χ0v) is 11.7. The van der Waals surface area contributed by atoms with Gasteiger partial charge >= 0.3 is 0 Å². The van der Waals surface area contributed by atoms with Crippen LogP contribution >= 0.6 is 0 Å². The normalized spacial score (nSPS) is 20.8. The highest BCUT2D eigenvalue weighted by Gasteiger charge is 2.50. The van der Waals surface area contributed by atoms with Gasteiger partial charge in [-0.1, -0.05) is 39.8 Å². The molecule has 2 aliphatic rings. The van der Waals surface area contributed by atoms with Crippen molar-refractivity contribution in [2.45, 2.75) is 46.0 Å². The predicted molar refractivity (Wildman–Crippen MR) is 75.2 cm³/mol. The average molecular weight is 242 g/mol. The molecule has 2 nitrogen and oxygen atoms in total. The third-order valence-electron chi connectivity index (χ3n) is 4.82. The average Bonchev–Trinajstić information content (AvgIpc) is 2.86. The van der Waals surface area contributed by atoms with Gasteiger partial charge in [-0.15, -0.1) is 0 Å². The van der Waals surface area contributed by atoms with Crippen LogP contribution in [0.15, 0.2) is 23.9 Å². The number of aromatic amines is 1. The molecule has 0 radical (unpaired) electrons. The van der Waals surface area contributed by atoms with Crippen LogP contribution in [-0.4, -0.2) is 10.2 Å². The van der Waals surface area contributed by atoms with Gasteiger partial charge in [0.25, 0.3) is 0 Å². The number of aromatic nitrogens is 2. The summed E-state index contributed by atoms with van der Waals surface area (Å²) in [5.41, 5.74) is 5.92. The summed E-state index contributed by atoms with van der Waals surface area (Å²) in [5.74, 6) is 1.15. The van der Waals surface area contributed by atoms with Gasteiger partial charge in [0, 0.05) is 11.0 Å². The Labute approximate surface area is 109 Å². The highest BCUT2D eigenvalue weighted by Crippen LogP contribution is 2.56. The van der Waals surface area contributed by atoms with E-state index in [1.54, 1.807) is 5.57 Å². The zero-order valence-electron chi connectivity index (χ0n) is 11.7. The fraction of sp³-hybridized carbons (Fsp3) is 0.562. The molecule has 0 saturated carbocycles. The summed E-state index contributed by atoms with van der Waals surface area (Å²) in [6.07, 6.45) is 9.05. The minimum Gasteiger partial charge on any atom is -0.281 e. The number of rotatable bonds is 2. The van der Waals surface area contributed by atoms with Crippen LogP contribution in [-0.2, 0) is 5.41 Å². The second kappa shape index (κ2) is 3.84. The summed E-state index contributed by atoms with van der Waals surface area (Å²) in [6.45, 7) is 9.35. The fourth-order valence-corrected chi connectivity index (χ4v) is 4.16. The second-order valence-corrected chi connectivity index (χ2v) is 6.17. The Morgan fingerprint density at radius 2 is 1.94 bits per heavy atom. The van der Waals surface area contributed by atoms with Crippen LogP contribution in [0.3, 0.4) is 0 Å². The van der Waals surface area contributed by atoms with Gasteiger partial charge < -0.3 is 0 Å². The van der Waals surface area contributed by atoms with Gasteiger partial charge in [0.05, 0.1) is 11.9 Å². The van der Waals surface area contributed by atoms with Crippen molar-refractivity contribution < 1.29 is 0 Å². The van der Waals surface area contributed by atoms with Crippen LogP contribution in [0.2, 0.25) is 0 Å². The molecule has 0 fully saturated rings. The van der Waals surface area contributed by atoms with Gasteiger partial charge in [-0.3, -0.25) is 5.10 Å². The van der Waals surface area contributed by atoms with Crippen molar-refractivity contribution in [2.24, 2.45) is 11.8 Å². The standard InChI is InChI=1S/C16H22N2/c1-10(2)16(11(3)4)14-8-6-5-7-12(14)13-9-17-18-15(13)16/h6,8-11H,5,7H2,1-4H3,(H,17,18). The quantitative estimate of drug-likeness (QED) is 0.831. The van der Waals surface area contributed by atoms with Gasteiger partial charge in [0.2, 0.25) is 0 Å². The summed E-state index contributed by atoms with van der Waals surface area (Å²) in [6, 6.07) is 0. The van der Waals surface area contributed by atoms with Crippen molar-refractivity contribution in [1.29, 1.82) is 0 Å². The molecule has 2 aliphatic carbocycles. The first-order chi connectivity index (χ1) is 8.60. The van der Waals surface area contributed by atoms with Crippen molar-refractivity contribution in [2.75, 3.05) is 0 Å². The summed E-state index contributed by atoms with van der Waals surface area (Å²) >= 11 is 0. The number of fused-ring (bicyclic) bond motifs is 2. The molecule has 96 valence electrons. The SMILES string of the molecule is CC(C)C1(C(C)C)C2=C(CCC=C2)c2cn[nH]c21. The van der Waals surface area contributed by atoms with Gasteiger partial charge in [-0.25, -0.2) is 0 Å². The largest absolute Gasteiger partial charge is 0.281 e. The van der Waals surface area contributed by atoms with E-state index in [2.05, 4.69) is 50.0 Å². The maximum Gasteiger partial charge on any atom is 0.0565 e. The summed E-state index contributed by atoms with van der Waals surface area (Å²) < 4.78 is 0. The second-order valence-electron chi connectivity index (χ2n) is 6.17. The Hall–Kier alpha value is -1.31. The molecule has 1 aromatic rings. The van der Waals surface area contributed by atoms with Crippen LogP contribution in [0.1, 0.15) is 51.8 Å². The van der Waals surface area contributed by atoms with Crippen molar-refractivity contribution >= 4 is 5.57 Å². The molecule has 0 saturated heterocycles. The van der Waals surface area contributed by atoms with E-state index in [-0.39, 0.29) is 5.41 Å². The van der Waals surface area contributed by atoms with Crippen molar-refractivity contribution in [3.8, 4) is 0 Å². The van der Waals surface area contributed by atoms with E-state index in [1.165, 1.54) is 23.3 Å². The number of nitrogens with one attached hydrogen (secondary N) is 1. The zero-order chi connectivity index (χ0) is 12.9. The Kier molecular flexibility index (Phi) is 2.51. The Morgan fingerprint density at radius 3 is 2.61 bits per heavy atom. The lowest BCUT2D eigenvalue weighted by molar-refractivity contribution is 0.270. The smallest absolute Gasteiger partial charge is 0.0565 e. The molecule has 0 bridgehead atoms. The number of nitrogens with zero attached hydrogens (tertiary/aromatic N) is 1. The molecular formula is C16H22N2. The summed E-state index contributed by atoms with van der Waals surface area (Å²) in [7, 11) is 0. The number of hydrogen-bond acceptors (Lipinski definition) is 1. The van der Waals surface area contributed by atoms with Crippen LogP contribution in [0.5, 0.6) is 0 Å². The van der Waals surface area contributed by atoms with Gasteiger partial charge in [0.15, 0.2) is 0 Å². The molecule has 1 heterocycles. The van der Waals surface area contributed by atoms with E-state index in [9.17, 15) is 0 Å². The highest BCUT2D eigenvalue weighted by atomic mass is 15.1. The minimum atomic E-state index is 0.123. The maximum atomic E-state index is 4.31. The minimum absolute atomic E-state index is 0.123. The Balaban J connectivity index is 2.31. The van der Waals surface area contributed by atoms with Crippen molar-refractivity contribution in [1.82, 2.24) is 10.2 Å². The molecule has 0 unspecified atom stereocenters. The molecule has 2 heteroatoms. The van der Waals surface area contributed by atoms with E-state index in [1.807, 2.05) is 6.20 Å². The van der Waals surface area contributed by atoms with Crippen LogP contribution < -0.4 is 0 Å². The predicted octanol–water partition coefficient (Wildman–Crippen LogP) is 4.08. The van der Waals surface area contributed by atoms with E-state index in [0.717, 1.165) is 6.42 Å². The third kappa shape index (κ3) is 1.21. The van der Waals surface area contributed by atoms with E-state index in [4.69, 9.17) is 0 Å². The van der Waals surface area contributed by atoms with E-state index in [0.29, 0.717) is 11.8 Å². The lowest BCUT2D eigenvalue weighted by atomic mass is 9.63. The first kappa shape index (κ1) is 11.8. The third-order valence-corrected chi connectivity index (χ3v) is 4.82. The monoisotopic (exact) mass is 242 g/mol. The van der Waals surface area contributed by atoms with Crippen molar-refractivity contribution in [3.05, 3.63) is 35.2 Å². The highest BCUT2D eigenvalue weighted by molar-refractivity contribution is 5.82. The number of hydrogen-bond donors (Lipinski definition) is 1. The topological polar surface area (TPSA) is 28.7 Å². The number of allylic oxidation sites excluding steroid dienone is 4. The molecule has 0 spiro atoms. The molecule has 1 N–H and O–H groups in total. The lowest BCUT2D eigenvalue weighted by Gasteiger charge is -2.40. The molecule has 0 amide bonds.